The summed E-state index contributed by atoms with van der Waals surface area (Å²) in [6.07, 6.45) is 7.09. The Hall–Kier alpha value is -2.33. The van der Waals surface area contributed by atoms with Crippen molar-refractivity contribution in [2.45, 2.75) is 51.5 Å². The normalized spacial score (nSPS) is 12.1. The highest BCUT2D eigenvalue weighted by atomic mass is 28.4. The Morgan fingerprint density at radius 2 is 1.46 bits per heavy atom. The van der Waals surface area contributed by atoms with Crippen LogP contribution in [0.2, 0.25) is 5.04 Å². The van der Waals surface area contributed by atoms with Crippen LogP contribution in [0.1, 0.15) is 46.5 Å². The molecule has 2 aromatic rings. The molecule has 150 valence electrons. The molecular formula is C24H32O3Si. The van der Waals surface area contributed by atoms with Crippen molar-refractivity contribution in [2.75, 3.05) is 7.11 Å². The van der Waals surface area contributed by atoms with E-state index in [0.717, 1.165) is 19.3 Å². The number of allylic oxidation sites excluding steroid dienone is 1. The van der Waals surface area contributed by atoms with E-state index in [9.17, 15) is 4.79 Å². The Morgan fingerprint density at radius 3 is 1.93 bits per heavy atom. The highest BCUT2D eigenvalue weighted by molar-refractivity contribution is 6.99. The van der Waals surface area contributed by atoms with Crippen LogP contribution in [-0.4, -0.2) is 21.4 Å². The molecule has 0 aliphatic carbocycles. The summed E-state index contributed by atoms with van der Waals surface area (Å²) in [5.41, 5.74) is 0. The number of ether oxygens (including phenoxy) is 1. The average molecular weight is 397 g/mol. The second kappa shape index (κ2) is 10.3. The van der Waals surface area contributed by atoms with E-state index in [1.165, 1.54) is 17.5 Å². The van der Waals surface area contributed by atoms with Crippen LogP contribution in [0.5, 0.6) is 0 Å². The van der Waals surface area contributed by atoms with E-state index in [1.807, 2.05) is 18.4 Å². The summed E-state index contributed by atoms with van der Waals surface area (Å²) in [5, 5.41) is 2.50. The maximum atomic E-state index is 11.2. The zero-order chi connectivity index (χ0) is 20.5. The Labute approximate surface area is 170 Å². The van der Waals surface area contributed by atoms with Crippen molar-refractivity contribution < 1.29 is 14.0 Å². The van der Waals surface area contributed by atoms with Crippen molar-refractivity contribution in [3.8, 4) is 0 Å². The van der Waals surface area contributed by atoms with E-state index in [-0.39, 0.29) is 11.0 Å². The molecule has 2 aromatic carbocycles. The monoisotopic (exact) mass is 396 g/mol. The smallest absolute Gasteiger partial charge is 0.319 e. The fourth-order valence-electron chi connectivity index (χ4n) is 3.54. The summed E-state index contributed by atoms with van der Waals surface area (Å²) < 4.78 is 11.4. The van der Waals surface area contributed by atoms with E-state index < -0.39 is 8.32 Å². The zero-order valence-corrected chi connectivity index (χ0v) is 18.5. The molecule has 4 heteroatoms. The quantitative estimate of drug-likeness (QED) is 0.264. The number of hydrogen-bond donors (Lipinski definition) is 0. The van der Waals surface area contributed by atoms with Crippen LogP contribution < -0.4 is 10.4 Å². The summed E-state index contributed by atoms with van der Waals surface area (Å²) in [6, 6.07) is 21.2. The van der Waals surface area contributed by atoms with Gasteiger partial charge in [-0.05, 0) is 34.7 Å². The van der Waals surface area contributed by atoms with Gasteiger partial charge in [-0.1, -0.05) is 87.5 Å². The van der Waals surface area contributed by atoms with Crippen molar-refractivity contribution >= 4 is 24.7 Å². The molecule has 0 bridgehead atoms. The molecule has 0 aliphatic heterocycles. The lowest BCUT2D eigenvalue weighted by atomic mass is 10.2. The second-order valence-electron chi connectivity index (χ2n) is 7.97. The van der Waals surface area contributed by atoms with Crippen LogP contribution in [0.15, 0.2) is 73.0 Å². The summed E-state index contributed by atoms with van der Waals surface area (Å²) in [5.74, 6) is -0.146. The van der Waals surface area contributed by atoms with Crippen LogP contribution in [0.4, 0.5) is 0 Å². The average Bonchev–Trinajstić information content (AvgIpc) is 2.70. The lowest BCUT2D eigenvalue weighted by molar-refractivity contribution is -0.140. The van der Waals surface area contributed by atoms with Crippen molar-refractivity contribution in [2.24, 2.45) is 0 Å². The summed E-state index contributed by atoms with van der Waals surface area (Å²) >= 11 is 0. The molecule has 0 heterocycles. The third kappa shape index (κ3) is 5.35. The molecule has 0 radical (unpaired) electrons. The van der Waals surface area contributed by atoms with E-state index >= 15 is 0 Å². The minimum absolute atomic E-state index is 0.0368. The van der Waals surface area contributed by atoms with E-state index in [0.29, 0.717) is 6.42 Å². The third-order valence-electron chi connectivity index (χ3n) is 4.99. The van der Waals surface area contributed by atoms with Crippen LogP contribution in [0, 0.1) is 0 Å². The first-order chi connectivity index (χ1) is 13.4. The van der Waals surface area contributed by atoms with Gasteiger partial charge in [-0.25, -0.2) is 0 Å². The van der Waals surface area contributed by atoms with Gasteiger partial charge in [-0.2, -0.15) is 0 Å². The Balaban J connectivity index is 2.22. The largest absolute Gasteiger partial charge is 0.540 e. The maximum absolute atomic E-state index is 11.2. The standard InChI is InChI=1S/C24H32O3Si/c1-24(2,3)28(21-15-9-7-10-16-21,22-17-11-8-12-18-22)27-20-14-6-5-13-19-23(25)26-4/h7-12,14-18,20H,5-6,13,19H2,1-4H3/b20-14+. The molecule has 0 atom stereocenters. The van der Waals surface area contributed by atoms with Gasteiger partial charge in [0.2, 0.25) is 0 Å². The predicted molar refractivity (Wildman–Crippen MR) is 118 cm³/mol. The van der Waals surface area contributed by atoms with Gasteiger partial charge in [-0.3, -0.25) is 4.79 Å². The van der Waals surface area contributed by atoms with Crippen LogP contribution >= 0.6 is 0 Å². The minimum Gasteiger partial charge on any atom is -0.540 e. The predicted octanol–water partition coefficient (Wildman–Crippen LogP) is 4.81. The zero-order valence-electron chi connectivity index (χ0n) is 17.5. The van der Waals surface area contributed by atoms with E-state index in [4.69, 9.17) is 4.43 Å². The number of unbranched alkanes of at least 4 members (excludes halogenated alkanes) is 2. The van der Waals surface area contributed by atoms with Gasteiger partial charge in [0.15, 0.2) is 0 Å². The molecule has 0 unspecified atom stereocenters. The Kier molecular flexibility index (Phi) is 8.06. The first-order valence-corrected chi connectivity index (χ1v) is 11.8. The van der Waals surface area contributed by atoms with Crippen LogP contribution in [0.3, 0.4) is 0 Å². The molecule has 0 spiro atoms. The first-order valence-electron chi connectivity index (χ1n) is 9.92. The molecule has 3 nitrogen and oxygen atoms in total. The molecule has 0 N–H and O–H groups in total. The minimum atomic E-state index is -2.50. The number of benzene rings is 2. The summed E-state index contributed by atoms with van der Waals surface area (Å²) in [4.78, 5) is 11.2. The lowest BCUT2D eigenvalue weighted by Gasteiger charge is -2.41. The van der Waals surface area contributed by atoms with Gasteiger partial charge in [0.05, 0.1) is 13.4 Å². The molecule has 2 rings (SSSR count). The molecular weight excluding hydrogens is 364 g/mol. The topological polar surface area (TPSA) is 35.5 Å². The third-order valence-corrected chi connectivity index (χ3v) is 9.88. The van der Waals surface area contributed by atoms with E-state index in [1.54, 1.807) is 0 Å². The number of methoxy groups -OCH3 is 1. The lowest BCUT2D eigenvalue weighted by Crippen LogP contribution is -2.65. The Bertz CT molecular complexity index is 709. The van der Waals surface area contributed by atoms with Gasteiger partial charge in [0.1, 0.15) is 0 Å². The van der Waals surface area contributed by atoms with Gasteiger partial charge < -0.3 is 9.16 Å². The number of hydrogen-bond acceptors (Lipinski definition) is 3. The highest BCUT2D eigenvalue weighted by Crippen LogP contribution is 2.36. The van der Waals surface area contributed by atoms with Gasteiger partial charge >= 0.3 is 14.3 Å². The van der Waals surface area contributed by atoms with E-state index in [2.05, 4.69) is 80.1 Å². The molecule has 0 amide bonds. The molecule has 28 heavy (non-hydrogen) atoms. The van der Waals surface area contributed by atoms with Crippen molar-refractivity contribution in [3.63, 3.8) is 0 Å². The SMILES string of the molecule is COC(=O)CCCC/C=C/O[Si](c1ccccc1)(c1ccccc1)C(C)(C)C. The molecule has 0 aliphatic rings. The molecule has 0 saturated heterocycles. The Morgan fingerprint density at radius 1 is 0.929 bits per heavy atom. The van der Waals surface area contributed by atoms with Crippen molar-refractivity contribution in [1.82, 2.24) is 0 Å². The number of carbonyl (C=O) groups excluding carboxylic acids is 1. The second-order valence-corrected chi connectivity index (χ2v) is 12.2. The summed E-state index contributed by atoms with van der Waals surface area (Å²) in [6.45, 7) is 6.80. The van der Waals surface area contributed by atoms with Gasteiger partial charge in [0, 0.05) is 6.42 Å². The molecule has 0 aromatic heterocycles. The number of rotatable bonds is 9. The van der Waals surface area contributed by atoms with Crippen LogP contribution in [-0.2, 0) is 14.0 Å². The van der Waals surface area contributed by atoms with Crippen molar-refractivity contribution in [3.05, 3.63) is 73.0 Å². The van der Waals surface area contributed by atoms with Gasteiger partial charge in [-0.15, -0.1) is 0 Å². The summed E-state index contributed by atoms with van der Waals surface area (Å²) in [7, 11) is -1.07. The fraction of sp³-hybridized carbons (Fsp3) is 0.375. The number of carbonyl (C=O) groups is 1. The van der Waals surface area contributed by atoms with Crippen LogP contribution in [0.25, 0.3) is 0 Å². The highest BCUT2D eigenvalue weighted by Gasteiger charge is 2.51. The number of esters is 1. The maximum Gasteiger partial charge on any atom is 0.319 e. The first kappa shape index (κ1) is 22.0. The fourth-order valence-corrected chi connectivity index (χ4v) is 7.86. The molecule has 0 saturated carbocycles. The van der Waals surface area contributed by atoms with Crippen molar-refractivity contribution in [1.29, 1.82) is 0 Å². The molecule has 0 fully saturated rings. The van der Waals surface area contributed by atoms with Gasteiger partial charge in [0.25, 0.3) is 0 Å².